The van der Waals surface area contributed by atoms with Crippen LogP contribution in [0, 0.1) is 0 Å². The van der Waals surface area contributed by atoms with Gasteiger partial charge in [-0.25, -0.2) is 0 Å². The normalized spacial score (nSPS) is 10.9. The largest absolute Gasteiger partial charge is 0.330 e. The molecule has 0 saturated heterocycles. The minimum Gasteiger partial charge on any atom is -0.330 e. The Balaban J connectivity index is 2.86. The molecule has 0 aromatic rings. The zero-order chi connectivity index (χ0) is 6.95. The average Bonchev–Trinajstić information content (AvgIpc) is 1.89. The highest BCUT2D eigenvalue weighted by Crippen LogP contribution is 1.88. The van der Waals surface area contributed by atoms with Crippen LogP contribution in [-0.2, 0) is 0 Å². The molecular weight excluding hydrogens is 112 g/mol. The molecule has 9 heavy (non-hydrogen) atoms. The van der Waals surface area contributed by atoms with E-state index in [1.165, 1.54) is 0 Å². The fourth-order valence-electron chi connectivity index (χ4n) is 0.568. The molecule has 2 nitrogen and oxygen atoms in total. The summed E-state index contributed by atoms with van der Waals surface area (Å²) in [5.74, 6) is 0. The van der Waals surface area contributed by atoms with E-state index in [-0.39, 0.29) is 0 Å². The lowest BCUT2D eigenvalue weighted by atomic mass is 10.2. The molecule has 4 N–H and O–H groups in total. The van der Waals surface area contributed by atoms with Crippen LogP contribution in [0.4, 0.5) is 0 Å². The van der Waals surface area contributed by atoms with Crippen molar-refractivity contribution in [2.75, 3.05) is 13.1 Å². The van der Waals surface area contributed by atoms with E-state index in [4.69, 9.17) is 11.5 Å². The van der Waals surface area contributed by atoms with Gasteiger partial charge in [-0.15, -0.1) is 0 Å². The Hall–Kier alpha value is -0.340. The molecule has 0 aliphatic rings. The standard InChI is InChI=1S/C7H16N2/c8-6-4-2-1-3-5-7-9/h1-2H,3-9H2/b2-1+. The predicted molar refractivity (Wildman–Crippen MR) is 41.1 cm³/mol. The molecule has 0 saturated carbocycles. The molecule has 0 aromatic carbocycles. The number of rotatable bonds is 5. The summed E-state index contributed by atoms with van der Waals surface area (Å²) in [6, 6.07) is 0. The molecule has 0 bridgehead atoms. The van der Waals surface area contributed by atoms with Crippen molar-refractivity contribution in [1.29, 1.82) is 0 Å². The maximum atomic E-state index is 5.28. The monoisotopic (exact) mass is 128 g/mol. The molecule has 54 valence electrons. The highest BCUT2D eigenvalue weighted by atomic mass is 14.5. The first-order valence-electron chi connectivity index (χ1n) is 3.47. The van der Waals surface area contributed by atoms with Gasteiger partial charge >= 0.3 is 0 Å². The van der Waals surface area contributed by atoms with Crippen molar-refractivity contribution in [2.45, 2.75) is 19.3 Å². The quantitative estimate of drug-likeness (QED) is 0.421. The van der Waals surface area contributed by atoms with Crippen LogP contribution in [0.1, 0.15) is 19.3 Å². The van der Waals surface area contributed by atoms with Crippen molar-refractivity contribution in [2.24, 2.45) is 11.5 Å². The Morgan fingerprint density at radius 2 is 1.56 bits per heavy atom. The maximum absolute atomic E-state index is 5.28. The molecule has 0 aliphatic carbocycles. The smallest absolute Gasteiger partial charge is 0.00426 e. The van der Waals surface area contributed by atoms with Crippen LogP contribution in [0.2, 0.25) is 0 Å². The molecule has 0 spiro atoms. The van der Waals surface area contributed by atoms with Crippen molar-refractivity contribution in [3.8, 4) is 0 Å². The van der Waals surface area contributed by atoms with E-state index in [0.29, 0.717) is 0 Å². The van der Waals surface area contributed by atoms with Crippen molar-refractivity contribution >= 4 is 0 Å². The fourth-order valence-corrected chi connectivity index (χ4v) is 0.568. The topological polar surface area (TPSA) is 52.0 Å². The zero-order valence-corrected chi connectivity index (χ0v) is 5.84. The molecule has 2 heteroatoms. The van der Waals surface area contributed by atoms with Crippen molar-refractivity contribution < 1.29 is 0 Å². The second-order valence-corrected chi connectivity index (χ2v) is 1.98. The van der Waals surface area contributed by atoms with Crippen molar-refractivity contribution in [3.63, 3.8) is 0 Å². The number of unbranched alkanes of at least 4 members (excludes halogenated alkanes) is 1. The van der Waals surface area contributed by atoms with Gasteiger partial charge in [-0.3, -0.25) is 0 Å². The van der Waals surface area contributed by atoms with Gasteiger partial charge in [0.15, 0.2) is 0 Å². The predicted octanol–water partition coefficient (Wildman–Crippen LogP) is 0.630. The highest BCUT2D eigenvalue weighted by molar-refractivity contribution is 4.81. The second kappa shape index (κ2) is 7.66. The number of nitrogens with two attached hydrogens (primary N) is 2. The lowest BCUT2D eigenvalue weighted by Gasteiger charge is -1.87. The van der Waals surface area contributed by atoms with Crippen LogP contribution in [0.3, 0.4) is 0 Å². The van der Waals surface area contributed by atoms with Gasteiger partial charge in [-0.2, -0.15) is 0 Å². The van der Waals surface area contributed by atoms with Gasteiger partial charge in [0.25, 0.3) is 0 Å². The van der Waals surface area contributed by atoms with Crippen molar-refractivity contribution in [1.82, 2.24) is 0 Å². The van der Waals surface area contributed by atoms with E-state index in [9.17, 15) is 0 Å². The van der Waals surface area contributed by atoms with E-state index in [0.717, 1.165) is 32.4 Å². The summed E-state index contributed by atoms with van der Waals surface area (Å²) in [4.78, 5) is 0. The first kappa shape index (κ1) is 8.66. The van der Waals surface area contributed by atoms with E-state index < -0.39 is 0 Å². The van der Waals surface area contributed by atoms with Crippen LogP contribution < -0.4 is 11.5 Å². The summed E-state index contributed by atoms with van der Waals surface area (Å²) in [6.07, 6.45) is 7.41. The van der Waals surface area contributed by atoms with E-state index in [1.807, 2.05) is 0 Å². The Bertz CT molecular complexity index is 69.3. The van der Waals surface area contributed by atoms with E-state index in [2.05, 4.69) is 12.2 Å². The second-order valence-electron chi connectivity index (χ2n) is 1.98. The molecule has 0 atom stereocenters. The minimum atomic E-state index is 0.749. The third-order valence-corrected chi connectivity index (χ3v) is 1.07. The number of hydrogen-bond donors (Lipinski definition) is 2. The molecule has 0 unspecified atom stereocenters. The molecule has 0 fully saturated rings. The summed E-state index contributed by atoms with van der Waals surface area (Å²) in [5.41, 5.74) is 10.6. The minimum absolute atomic E-state index is 0.749. The summed E-state index contributed by atoms with van der Waals surface area (Å²) in [6.45, 7) is 1.53. The van der Waals surface area contributed by atoms with Crippen LogP contribution in [0.25, 0.3) is 0 Å². The summed E-state index contributed by atoms with van der Waals surface area (Å²) in [5, 5.41) is 0. The summed E-state index contributed by atoms with van der Waals surface area (Å²) in [7, 11) is 0. The van der Waals surface area contributed by atoms with Crippen LogP contribution >= 0.6 is 0 Å². The van der Waals surface area contributed by atoms with E-state index >= 15 is 0 Å². The zero-order valence-electron chi connectivity index (χ0n) is 5.84. The van der Waals surface area contributed by atoms with E-state index in [1.54, 1.807) is 0 Å². The van der Waals surface area contributed by atoms with Gasteiger partial charge in [0.05, 0.1) is 0 Å². The summed E-state index contributed by atoms with van der Waals surface area (Å²) < 4.78 is 0. The first-order chi connectivity index (χ1) is 4.41. The van der Waals surface area contributed by atoms with Gasteiger partial charge in [-0.05, 0) is 32.4 Å². The third-order valence-electron chi connectivity index (χ3n) is 1.07. The van der Waals surface area contributed by atoms with Gasteiger partial charge < -0.3 is 11.5 Å². The third kappa shape index (κ3) is 7.66. The van der Waals surface area contributed by atoms with Gasteiger partial charge in [0, 0.05) is 0 Å². The lowest BCUT2D eigenvalue weighted by molar-refractivity contribution is 0.850. The molecular formula is C7H16N2. The molecule has 0 rings (SSSR count). The van der Waals surface area contributed by atoms with Crippen LogP contribution in [-0.4, -0.2) is 13.1 Å². The Kier molecular flexibility index (Phi) is 7.37. The first-order valence-corrected chi connectivity index (χ1v) is 3.47. The molecule has 0 aromatic heterocycles. The van der Waals surface area contributed by atoms with Crippen LogP contribution in [0.15, 0.2) is 12.2 Å². The number of allylic oxidation sites excluding steroid dienone is 1. The van der Waals surface area contributed by atoms with Crippen molar-refractivity contribution in [3.05, 3.63) is 12.2 Å². The maximum Gasteiger partial charge on any atom is -0.00426 e. The van der Waals surface area contributed by atoms with Gasteiger partial charge in [0.1, 0.15) is 0 Å². The SMILES string of the molecule is NCC/C=C/CCCN. The van der Waals surface area contributed by atoms with Gasteiger partial charge in [-0.1, -0.05) is 12.2 Å². The number of hydrogen-bond acceptors (Lipinski definition) is 2. The fraction of sp³-hybridized carbons (Fsp3) is 0.714. The molecule has 0 heterocycles. The Morgan fingerprint density at radius 3 is 2.11 bits per heavy atom. The molecule has 0 aliphatic heterocycles. The molecule has 0 radical (unpaired) electrons. The van der Waals surface area contributed by atoms with Gasteiger partial charge in [0.2, 0.25) is 0 Å². The lowest BCUT2D eigenvalue weighted by Crippen LogP contribution is -1.97. The molecule has 0 amide bonds. The van der Waals surface area contributed by atoms with Crippen LogP contribution in [0.5, 0.6) is 0 Å². The Labute approximate surface area is 56.9 Å². The highest BCUT2D eigenvalue weighted by Gasteiger charge is 1.76. The average molecular weight is 128 g/mol. The Morgan fingerprint density at radius 1 is 0.889 bits per heavy atom. The summed E-state index contributed by atoms with van der Waals surface area (Å²) >= 11 is 0.